The molecule has 0 saturated heterocycles. The minimum absolute atomic E-state index is 1.01. The molecule has 3 aromatic heterocycles. The molecule has 0 aliphatic heterocycles. The quantitative estimate of drug-likeness (QED) is 0.290. The van der Waals surface area contributed by atoms with Crippen LogP contribution in [0, 0.1) is 0 Å². The number of hydrogen-bond donors (Lipinski definition) is 0. The molecule has 0 aliphatic carbocycles. The molecule has 0 amide bonds. The first-order valence-corrected chi connectivity index (χ1v) is 11.1. The van der Waals surface area contributed by atoms with Gasteiger partial charge in [-0.05, 0) is 30.3 Å². The highest BCUT2D eigenvalue weighted by atomic mass is 32.1. The van der Waals surface area contributed by atoms with Crippen LogP contribution in [0.25, 0.3) is 53.9 Å². The standard InChI is InChI=1S/C27H17N3S/c1-2-8-18(9-3-1)22-17-29-25-16-19(14-15-26(25)31-27(29)28-22)30-23-12-6-4-10-20(23)21-11-5-7-13-24(21)30/h1-17H. The molecule has 146 valence electrons. The van der Waals surface area contributed by atoms with Crippen LogP contribution in [0.5, 0.6) is 0 Å². The first kappa shape index (κ1) is 16.9. The van der Waals surface area contributed by atoms with E-state index < -0.39 is 0 Å². The lowest BCUT2D eigenvalue weighted by atomic mass is 10.2. The van der Waals surface area contributed by atoms with Gasteiger partial charge in [0.25, 0.3) is 0 Å². The first-order valence-electron chi connectivity index (χ1n) is 10.3. The molecule has 3 heterocycles. The van der Waals surface area contributed by atoms with Gasteiger partial charge < -0.3 is 4.57 Å². The molecule has 7 aromatic rings. The Bertz CT molecular complexity index is 1680. The molecule has 0 saturated carbocycles. The molecule has 0 aliphatic rings. The highest BCUT2D eigenvalue weighted by molar-refractivity contribution is 7.23. The van der Waals surface area contributed by atoms with E-state index in [1.165, 1.54) is 37.7 Å². The summed E-state index contributed by atoms with van der Waals surface area (Å²) in [6, 6.07) is 34.4. The monoisotopic (exact) mass is 415 g/mol. The second-order valence-electron chi connectivity index (χ2n) is 7.77. The fourth-order valence-electron chi connectivity index (χ4n) is 4.57. The number of fused-ring (bicyclic) bond motifs is 6. The summed E-state index contributed by atoms with van der Waals surface area (Å²) < 4.78 is 5.83. The van der Waals surface area contributed by atoms with Crippen LogP contribution in [-0.4, -0.2) is 14.0 Å². The number of nitrogens with zero attached hydrogens (tertiary/aromatic N) is 3. The lowest BCUT2D eigenvalue weighted by Crippen LogP contribution is -1.93. The molecule has 31 heavy (non-hydrogen) atoms. The third-order valence-corrected chi connectivity index (χ3v) is 7.02. The molecule has 3 nitrogen and oxygen atoms in total. The molecule has 0 spiro atoms. The van der Waals surface area contributed by atoms with Crippen molar-refractivity contribution in [1.29, 1.82) is 0 Å². The maximum absolute atomic E-state index is 4.89. The summed E-state index contributed by atoms with van der Waals surface area (Å²) in [5.74, 6) is 0. The summed E-state index contributed by atoms with van der Waals surface area (Å²) in [7, 11) is 0. The minimum atomic E-state index is 1.01. The number of imidazole rings is 1. The fourth-order valence-corrected chi connectivity index (χ4v) is 5.56. The van der Waals surface area contributed by atoms with Gasteiger partial charge in [-0.1, -0.05) is 78.1 Å². The van der Waals surface area contributed by atoms with Gasteiger partial charge in [0.1, 0.15) is 0 Å². The van der Waals surface area contributed by atoms with Gasteiger partial charge in [0.15, 0.2) is 4.96 Å². The Hall–Kier alpha value is -3.89. The Morgan fingerprint density at radius 2 is 1.32 bits per heavy atom. The maximum atomic E-state index is 4.89. The summed E-state index contributed by atoms with van der Waals surface area (Å²) in [6.07, 6.45) is 2.15. The van der Waals surface area contributed by atoms with Crippen LogP contribution in [0.15, 0.2) is 103 Å². The average Bonchev–Trinajstić information content (AvgIpc) is 3.49. The fraction of sp³-hybridized carbons (Fsp3) is 0. The number of hydrogen-bond acceptors (Lipinski definition) is 2. The van der Waals surface area contributed by atoms with Crippen molar-refractivity contribution in [3.8, 4) is 16.9 Å². The lowest BCUT2D eigenvalue weighted by Gasteiger charge is -2.08. The van der Waals surface area contributed by atoms with Crippen molar-refractivity contribution < 1.29 is 0 Å². The Labute approximate surface area is 182 Å². The van der Waals surface area contributed by atoms with E-state index in [1.54, 1.807) is 11.3 Å². The summed E-state index contributed by atoms with van der Waals surface area (Å²) in [5.41, 5.74) is 6.96. The summed E-state index contributed by atoms with van der Waals surface area (Å²) in [5, 5.41) is 2.56. The Morgan fingerprint density at radius 3 is 2.06 bits per heavy atom. The van der Waals surface area contributed by atoms with Crippen molar-refractivity contribution in [2.24, 2.45) is 0 Å². The van der Waals surface area contributed by atoms with Crippen LogP contribution < -0.4 is 0 Å². The van der Waals surface area contributed by atoms with Crippen molar-refractivity contribution in [3.63, 3.8) is 0 Å². The highest BCUT2D eigenvalue weighted by Crippen LogP contribution is 2.35. The molecule has 4 heteroatoms. The number of rotatable bonds is 2. The normalized spacial score (nSPS) is 11.9. The zero-order chi connectivity index (χ0) is 20.4. The Kier molecular flexibility index (Phi) is 3.43. The van der Waals surface area contributed by atoms with Crippen LogP contribution in [0.2, 0.25) is 0 Å². The van der Waals surface area contributed by atoms with Crippen LogP contribution >= 0.6 is 11.3 Å². The van der Waals surface area contributed by atoms with Crippen LogP contribution in [0.3, 0.4) is 0 Å². The predicted molar refractivity (Wildman–Crippen MR) is 130 cm³/mol. The van der Waals surface area contributed by atoms with E-state index in [0.717, 1.165) is 16.2 Å². The van der Waals surface area contributed by atoms with Crippen molar-refractivity contribution in [2.75, 3.05) is 0 Å². The largest absolute Gasteiger partial charge is 0.309 e. The maximum Gasteiger partial charge on any atom is 0.195 e. The van der Waals surface area contributed by atoms with Gasteiger partial charge in [0.05, 0.1) is 26.9 Å². The average molecular weight is 416 g/mol. The van der Waals surface area contributed by atoms with E-state index in [-0.39, 0.29) is 0 Å². The van der Waals surface area contributed by atoms with Gasteiger partial charge in [0.2, 0.25) is 0 Å². The molecule has 0 unspecified atom stereocenters. The van der Waals surface area contributed by atoms with Gasteiger partial charge in [-0.2, -0.15) is 0 Å². The predicted octanol–water partition coefficient (Wildman–Crippen LogP) is 7.31. The number of benzene rings is 4. The summed E-state index contributed by atoms with van der Waals surface area (Å²) in [4.78, 5) is 5.91. The van der Waals surface area contributed by atoms with E-state index in [0.29, 0.717) is 0 Å². The van der Waals surface area contributed by atoms with Gasteiger partial charge >= 0.3 is 0 Å². The molecule has 0 radical (unpaired) electrons. The lowest BCUT2D eigenvalue weighted by molar-refractivity contribution is 1.18. The molecule has 0 N–H and O–H groups in total. The van der Waals surface area contributed by atoms with Crippen molar-refractivity contribution in [3.05, 3.63) is 103 Å². The second-order valence-corrected chi connectivity index (χ2v) is 8.78. The van der Waals surface area contributed by atoms with Crippen LogP contribution in [-0.2, 0) is 0 Å². The van der Waals surface area contributed by atoms with Crippen LogP contribution in [0.4, 0.5) is 0 Å². The third-order valence-electron chi connectivity index (χ3n) is 5.98. The van der Waals surface area contributed by atoms with E-state index in [4.69, 9.17) is 4.98 Å². The first-order chi connectivity index (χ1) is 15.4. The van der Waals surface area contributed by atoms with Gasteiger partial charge in [0, 0.05) is 28.2 Å². The number of para-hydroxylation sites is 2. The van der Waals surface area contributed by atoms with Crippen molar-refractivity contribution in [1.82, 2.24) is 14.0 Å². The number of thiazole rings is 1. The van der Waals surface area contributed by atoms with Crippen molar-refractivity contribution >= 4 is 48.3 Å². The molecule has 0 fully saturated rings. The Morgan fingerprint density at radius 1 is 0.645 bits per heavy atom. The van der Waals surface area contributed by atoms with Gasteiger partial charge in [-0.25, -0.2) is 4.98 Å². The molecule has 4 aromatic carbocycles. The smallest absolute Gasteiger partial charge is 0.195 e. The van der Waals surface area contributed by atoms with E-state index in [9.17, 15) is 0 Å². The van der Waals surface area contributed by atoms with E-state index in [2.05, 4.69) is 106 Å². The molecule has 7 rings (SSSR count). The molecule has 0 bridgehead atoms. The zero-order valence-corrected chi connectivity index (χ0v) is 17.4. The Balaban J connectivity index is 1.50. The zero-order valence-electron chi connectivity index (χ0n) is 16.6. The van der Waals surface area contributed by atoms with Gasteiger partial charge in [-0.15, -0.1) is 0 Å². The van der Waals surface area contributed by atoms with Crippen LogP contribution in [0.1, 0.15) is 0 Å². The second kappa shape index (κ2) is 6.30. The summed E-state index contributed by atoms with van der Waals surface area (Å²) >= 11 is 1.73. The van der Waals surface area contributed by atoms with E-state index >= 15 is 0 Å². The molecular formula is C27H17N3S. The number of aromatic nitrogens is 3. The molecular weight excluding hydrogens is 398 g/mol. The minimum Gasteiger partial charge on any atom is -0.309 e. The van der Waals surface area contributed by atoms with Crippen molar-refractivity contribution in [2.45, 2.75) is 0 Å². The van der Waals surface area contributed by atoms with Gasteiger partial charge in [-0.3, -0.25) is 4.40 Å². The highest BCUT2D eigenvalue weighted by Gasteiger charge is 2.14. The SMILES string of the molecule is c1ccc(-c2cn3c(n2)sc2ccc(-n4c5ccccc5c5ccccc54)cc23)cc1. The third kappa shape index (κ3) is 2.43. The molecule has 0 atom stereocenters. The van der Waals surface area contributed by atoms with E-state index in [1.807, 2.05) is 6.07 Å². The topological polar surface area (TPSA) is 22.2 Å². The summed E-state index contributed by atoms with van der Waals surface area (Å²) in [6.45, 7) is 0.